The lowest BCUT2D eigenvalue weighted by Crippen LogP contribution is -2.25. The molecular formula is C23H25ClO2. The van der Waals surface area contributed by atoms with Crippen molar-refractivity contribution in [2.24, 2.45) is 5.41 Å². The van der Waals surface area contributed by atoms with E-state index >= 15 is 0 Å². The molecule has 0 spiro atoms. The molecule has 1 aliphatic carbocycles. The van der Waals surface area contributed by atoms with Crippen LogP contribution in [0.4, 0.5) is 0 Å². The van der Waals surface area contributed by atoms with E-state index in [0.29, 0.717) is 23.4 Å². The largest absolute Gasteiger partial charge is 0.512 e. The number of hydrogen-bond donors (Lipinski definition) is 1. The zero-order valence-corrected chi connectivity index (χ0v) is 16.6. The lowest BCUT2D eigenvalue weighted by Gasteiger charge is -2.30. The molecule has 1 aliphatic rings. The fourth-order valence-electron chi connectivity index (χ4n) is 3.83. The number of aliphatic hydroxyl groups is 1. The minimum absolute atomic E-state index is 0.0263. The second kappa shape index (κ2) is 6.92. The normalized spacial score (nSPS) is 16.9. The number of hydrogen-bond acceptors (Lipinski definition) is 2. The molecule has 1 N–H and O–H groups in total. The third-order valence-corrected chi connectivity index (χ3v) is 5.35. The number of carbonyl (C=O) groups excluding carboxylic acids is 1. The maximum Gasteiger partial charge on any atom is 0.167 e. The Morgan fingerprint density at radius 3 is 2.42 bits per heavy atom. The molecule has 3 rings (SSSR count). The number of carbonyl (C=O) groups is 1. The molecule has 2 aromatic carbocycles. The van der Waals surface area contributed by atoms with E-state index in [9.17, 15) is 9.90 Å². The molecule has 0 radical (unpaired) electrons. The number of halogens is 1. The van der Waals surface area contributed by atoms with Gasteiger partial charge < -0.3 is 5.11 Å². The van der Waals surface area contributed by atoms with E-state index < -0.39 is 0 Å². The third-order valence-electron chi connectivity index (χ3n) is 5.11. The van der Waals surface area contributed by atoms with Crippen molar-refractivity contribution >= 4 is 23.0 Å². The summed E-state index contributed by atoms with van der Waals surface area (Å²) >= 11 is 6.08. The van der Waals surface area contributed by atoms with Crippen molar-refractivity contribution in [3.8, 4) is 11.1 Å². The fourth-order valence-corrected chi connectivity index (χ4v) is 4.06. The Morgan fingerprint density at radius 2 is 1.81 bits per heavy atom. The van der Waals surface area contributed by atoms with Crippen molar-refractivity contribution in [3.05, 3.63) is 63.9 Å². The van der Waals surface area contributed by atoms with E-state index in [1.807, 2.05) is 45.0 Å². The van der Waals surface area contributed by atoms with Crippen LogP contribution in [0.15, 0.2) is 42.2 Å². The van der Waals surface area contributed by atoms with E-state index in [4.69, 9.17) is 11.6 Å². The van der Waals surface area contributed by atoms with Gasteiger partial charge in [0.25, 0.3) is 0 Å². The van der Waals surface area contributed by atoms with Crippen LogP contribution in [0.25, 0.3) is 16.7 Å². The van der Waals surface area contributed by atoms with Gasteiger partial charge >= 0.3 is 0 Å². The number of aryl methyl sites for hydroxylation is 2. The lowest BCUT2D eigenvalue weighted by atomic mass is 9.74. The highest BCUT2D eigenvalue weighted by Crippen LogP contribution is 2.41. The predicted molar refractivity (Wildman–Crippen MR) is 109 cm³/mol. The molecule has 26 heavy (non-hydrogen) atoms. The van der Waals surface area contributed by atoms with Gasteiger partial charge in [0.05, 0.1) is 5.57 Å². The van der Waals surface area contributed by atoms with Gasteiger partial charge in [0.15, 0.2) is 5.78 Å². The van der Waals surface area contributed by atoms with Gasteiger partial charge in [0, 0.05) is 17.9 Å². The average Bonchev–Trinajstić information content (AvgIpc) is 2.53. The van der Waals surface area contributed by atoms with Crippen molar-refractivity contribution in [3.63, 3.8) is 0 Å². The summed E-state index contributed by atoms with van der Waals surface area (Å²) in [7, 11) is 0. The molecule has 2 aromatic rings. The molecule has 0 atom stereocenters. The van der Waals surface area contributed by atoms with Gasteiger partial charge in [-0.3, -0.25) is 4.79 Å². The minimum Gasteiger partial charge on any atom is -0.512 e. The smallest absolute Gasteiger partial charge is 0.167 e. The van der Waals surface area contributed by atoms with E-state index in [2.05, 4.69) is 19.1 Å². The molecule has 0 bridgehead atoms. The van der Waals surface area contributed by atoms with Crippen molar-refractivity contribution < 1.29 is 9.90 Å². The van der Waals surface area contributed by atoms with Gasteiger partial charge in [-0.05, 0) is 64.8 Å². The molecule has 0 saturated heterocycles. The fraction of sp³-hybridized carbons (Fsp3) is 0.348. The number of aliphatic hydroxyl groups excluding tert-OH is 1. The summed E-state index contributed by atoms with van der Waals surface area (Å²) in [6.45, 7) is 8.14. The molecule has 136 valence electrons. The number of Topliss-reactive ketones (excluding diaryl/α,β-unsaturated/α-hetero) is 1. The molecular weight excluding hydrogens is 344 g/mol. The Bertz CT molecular complexity index is 906. The van der Waals surface area contributed by atoms with Gasteiger partial charge in [-0.15, -0.1) is 0 Å². The van der Waals surface area contributed by atoms with Gasteiger partial charge in [-0.2, -0.15) is 0 Å². The molecule has 0 heterocycles. The topological polar surface area (TPSA) is 37.3 Å². The Morgan fingerprint density at radius 1 is 1.08 bits per heavy atom. The number of rotatable bonds is 3. The lowest BCUT2D eigenvalue weighted by molar-refractivity contribution is -0.116. The zero-order valence-electron chi connectivity index (χ0n) is 15.8. The predicted octanol–water partition coefficient (Wildman–Crippen LogP) is 6.54. The van der Waals surface area contributed by atoms with E-state index in [-0.39, 0.29) is 17.0 Å². The zero-order chi connectivity index (χ0) is 19.1. The van der Waals surface area contributed by atoms with Crippen molar-refractivity contribution in [2.75, 3.05) is 0 Å². The first-order valence-electron chi connectivity index (χ1n) is 9.07. The van der Waals surface area contributed by atoms with Crippen LogP contribution in [0.3, 0.4) is 0 Å². The SMILES string of the molecule is CCc1ccc(-c2ccc(Cl)cc2C)cc1C1=C(O)CC(C)(C)CC1=O. The van der Waals surface area contributed by atoms with E-state index in [0.717, 1.165) is 34.2 Å². The summed E-state index contributed by atoms with van der Waals surface area (Å²) in [4.78, 5) is 12.8. The van der Waals surface area contributed by atoms with Gasteiger partial charge in [-0.25, -0.2) is 0 Å². The summed E-state index contributed by atoms with van der Waals surface area (Å²) in [5.74, 6) is 0.240. The Balaban J connectivity index is 2.17. The minimum atomic E-state index is -0.193. The second-order valence-corrected chi connectivity index (χ2v) is 8.38. The van der Waals surface area contributed by atoms with Crippen molar-refractivity contribution in [1.82, 2.24) is 0 Å². The number of allylic oxidation sites excluding steroid dienone is 2. The number of benzene rings is 2. The molecule has 0 amide bonds. The Hall–Kier alpha value is -2.06. The van der Waals surface area contributed by atoms with E-state index in [1.54, 1.807) is 0 Å². The van der Waals surface area contributed by atoms with Crippen molar-refractivity contribution in [1.29, 1.82) is 0 Å². The van der Waals surface area contributed by atoms with Crippen LogP contribution in [0.2, 0.25) is 5.02 Å². The average molecular weight is 369 g/mol. The highest BCUT2D eigenvalue weighted by Gasteiger charge is 2.34. The standard InChI is InChI=1S/C23H25ClO2/c1-5-15-6-7-16(18-9-8-17(24)10-14(18)2)11-19(15)22-20(25)12-23(3,4)13-21(22)26/h6-11,25H,5,12-13H2,1-4H3. The molecule has 0 saturated carbocycles. The Labute approximate surface area is 160 Å². The molecule has 0 fully saturated rings. The van der Waals surface area contributed by atoms with Crippen LogP contribution in [0, 0.1) is 12.3 Å². The van der Waals surface area contributed by atoms with Gasteiger partial charge in [0.1, 0.15) is 5.76 Å². The van der Waals surface area contributed by atoms with Crippen LogP contribution in [0.5, 0.6) is 0 Å². The molecule has 0 aromatic heterocycles. The summed E-state index contributed by atoms with van der Waals surface area (Å²) in [5, 5.41) is 11.4. The monoisotopic (exact) mass is 368 g/mol. The van der Waals surface area contributed by atoms with E-state index in [1.165, 1.54) is 0 Å². The summed E-state index contributed by atoms with van der Waals surface area (Å²) in [5.41, 5.74) is 5.44. The number of ketones is 1. The van der Waals surface area contributed by atoms with Crippen LogP contribution in [-0.4, -0.2) is 10.9 Å². The highest BCUT2D eigenvalue weighted by atomic mass is 35.5. The van der Waals surface area contributed by atoms with Crippen LogP contribution >= 0.6 is 11.6 Å². The maximum atomic E-state index is 12.8. The van der Waals surface area contributed by atoms with Crippen molar-refractivity contribution in [2.45, 2.75) is 47.0 Å². The maximum absolute atomic E-state index is 12.8. The first-order chi connectivity index (χ1) is 12.2. The molecule has 0 aliphatic heterocycles. The summed E-state index contributed by atoms with van der Waals surface area (Å²) < 4.78 is 0. The summed E-state index contributed by atoms with van der Waals surface area (Å²) in [6, 6.07) is 12.0. The second-order valence-electron chi connectivity index (χ2n) is 7.95. The highest BCUT2D eigenvalue weighted by molar-refractivity contribution is 6.30. The molecule has 3 heteroatoms. The van der Waals surface area contributed by atoms with Crippen LogP contribution in [0.1, 0.15) is 50.3 Å². The first kappa shape index (κ1) is 18.7. The molecule has 2 nitrogen and oxygen atoms in total. The van der Waals surface area contributed by atoms with Gasteiger partial charge in [0.2, 0.25) is 0 Å². The van der Waals surface area contributed by atoms with Crippen LogP contribution in [-0.2, 0) is 11.2 Å². The van der Waals surface area contributed by atoms with Gasteiger partial charge in [-0.1, -0.05) is 50.6 Å². The Kier molecular flexibility index (Phi) is 4.98. The molecule has 0 unspecified atom stereocenters. The summed E-state index contributed by atoms with van der Waals surface area (Å²) in [6.07, 6.45) is 1.80. The van der Waals surface area contributed by atoms with Crippen LogP contribution < -0.4 is 0 Å². The third kappa shape index (κ3) is 3.57. The first-order valence-corrected chi connectivity index (χ1v) is 9.45. The quantitative estimate of drug-likeness (QED) is 0.668.